The van der Waals surface area contributed by atoms with Crippen LogP contribution in [0.1, 0.15) is 41.1 Å². The summed E-state index contributed by atoms with van der Waals surface area (Å²) in [6.45, 7) is 5.06. The quantitative estimate of drug-likeness (QED) is 0.828. The Balaban J connectivity index is 1.51. The first kappa shape index (κ1) is 18.0. The number of anilines is 2. The molecule has 0 radical (unpaired) electrons. The van der Waals surface area contributed by atoms with E-state index in [9.17, 15) is 9.59 Å². The van der Waals surface area contributed by atoms with Gasteiger partial charge in [-0.3, -0.25) is 4.79 Å². The summed E-state index contributed by atoms with van der Waals surface area (Å²) in [7, 11) is 0. The predicted molar refractivity (Wildman–Crippen MR) is 97.4 cm³/mol. The van der Waals surface area contributed by atoms with Crippen molar-refractivity contribution in [2.45, 2.75) is 33.1 Å². The Hall–Kier alpha value is -2.83. The summed E-state index contributed by atoms with van der Waals surface area (Å²) in [6.07, 6.45) is 3.72. The molecule has 3 rings (SSSR count). The number of nitrogens with zero attached hydrogens (tertiary/aromatic N) is 2. The molecule has 0 unspecified atom stereocenters. The third-order valence-electron chi connectivity index (χ3n) is 4.44. The van der Waals surface area contributed by atoms with E-state index in [0.717, 1.165) is 18.8 Å². The molecule has 0 atom stereocenters. The number of hydrogen-bond donors (Lipinski definition) is 1. The van der Waals surface area contributed by atoms with Crippen LogP contribution >= 0.6 is 0 Å². The minimum absolute atomic E-state index is 0.267. The lowest BCUT2D eigenvalue weighted by molar-refractivity contribution is -0.119. The highest BCUT2D eigenvalue weighted by Crippen LogP contribution is 2.21. The van der Waals surface area contributed by atoms with Gasteiger partial charge in [0.05, 0.1) is 5.69 Å². The molecule has 26 heavy (non-hydrogen) atoms. The Morgan fingerprint density at radius 1 is 1.15 bits per heavy atom. The van der Waals surface area contributed by atoms with Crippen molar-refractivity contribution in [1.82, 2.24) is 5.16 Å². The second-order valence-electron chi connectivity index (χ2n) is 6.42. The fourth-order valence-electron chi connectivity index (χ4n) is 3.08. The van der Waals surface area contributed by atoms with E-state index in [4.69, 9.17) is 9.26 Å². The van der Waals surface area contributed by atoms with E-state index in [1.54, 1.807) is 13.8 Å². The molecule has 2 heterocycles. The molecule has 1 aliphatic heterocycles. The Bertz CT molecular complexity index is 757. The molecule has 0 bridgehead atoms. The molecule has 0 spiro atoms. The van der Waals surface area contributed by atoms with Gasteiger partial charge >= 0.3 is 5.97 Å². The minimum atomic E-state index is -0.614. The first-order chi connectivity index (χ1) is 12.5. The topological polar surface area (TPSA) is 84.7 Å². The monoisotopic (exact) mass is 357 g/mol. The highest BCUT2D eigenvalue weighted by atomic mass is 16.5. The van der Waals surface area contributed by atoms with Gasteiger partial charge in [-0.05, 0) is 57.4 Å². The van der Waals surface area contributed by atoms with E-state index < -0.39 is 11.9 Å². The third-order valence-corrected chi connectivity index (χ3v) is 4.44. The van der Waals surface area contributed by atoms with Gasteiger partial charge < -0.3 is 19.5 Å². The number of piperidine rings is 1. The normalized spacial score (nSPS) is 14.2. The van der Waals surface area contributed by atoms with Crippen LogP contribution in [0, 0.1) is 13.8 Å². The van der Waals surface area contributed by atoms with Crippen molar-refractivity contribution in [2.75, 3.05) is 29.9 Å². The smallest absolute Gasteiger partial charge is 0.344 e. The molecule has 7 nitrogen and oxygen atoms in total. The van der Waals surface area contributed by atoms with Gasteiger partial charge in [0.15, 0.2) is 6.61 Å². The standard InChI is InChI=1S/C19H23N3O4/c1-13-18(14(2)26-21-13)19(24)25-12-17(23)20-15-6-8-16(9-7-15)22-10-4-3-5-11-22/h6-9H,3-5,10-12H2,1-2H3,(H,20,23). The molecule has 1 fully saturated rings. The van der Waals surface area contributed by atoms with Crippen molar-refractivity contribution in [3.05, 3.63) is 41.3 Å². The molecule has 138 valence electrons. The number of rotatable bonds is 5. The summed E-state index contributed by atoms with van der Waals surface area (Å²) in [4.78, 5) is 26.4. The average molecular weight is 357 g/mol. The Kier molecular flexibility index (Phi) is 5.55. The molecule has 1 aromatic carbocycles. The number of esters is 1. The van der Waals surface area contributed by atoms with Crippen LogP contribution in [0.25, 0.3) is 0 Å². The lowest BCUT2D eigenvalue weighted by atomic mass is 10.1. The van der Waals surface area contributed by atoms with Gasteiger partial charge in [-0.15, -0.1) is 0 Å². The second-order valence-corrected chi connectivity index (χ2v) is 6.42. The number of carbonyl (C=O) groups is 2. The van der Waals surface area contributed by atoms with E-state index in [1.807, 2.05) is 24.3 Å². The predicted octanol–water partition coefficient (Wildman–Crippen LogP) is 3.08. The van der Waals surface area contributed by atoms with Crippen LogP contribution in [0.2, 0.25) is 0 Å². The maximum absolute atomic E-state index is 12.0. The van der Waals surface area contributed by atoms with Crippen LogP contribution in [-0.2, 0) is 9.53 Å². The number of aromatic nitrogens is 1. The van der Waals surface area contributed by atoms with Gasteiger partial charge in [0.25, 0.3) is 5.91 Å². The van der Waals surface area contributed by atoms with Crippen LogP contribution in [-0.4, -0.2) is 36.7 Å². The molecule has 2 aromatic rings. The van der Waals surface area contributed by atoms with Crippen molar-refractivity contribution in [3.8, 4) is 0 Å². The third kappa shape index (κ3) is 4.22. The van der Waals surface area contributed by atoms with Gasteiger partial charge in [0.2, 0.25) is 0 Å². The van der Waals surface area contributed by atoms with Crippen LogP contribution in [0.4, 0.5) is 11.4 Å². The Morgan fingerprint density at radius 3 is 2.46 bits per heavy atom. The van der Waals surface area contributed by atoms with Crippen molar-refractivity contribution >= 4 is 23.3 Å². The van der Waals surface area contributed by atoms with E-state index >= 15 is 0 Å². The summed E-state index contributed by atoms with van der Waals surface area (Å²) in [6, 6.07) is 7.71. The molecular weight excluding hydrogens is 334 g/mol. The second kappa shape index (κ2) is 8.03. The number of carbonyl (C=O) groups excluding carboxylic acids is 2. The Morgan fingerprint density at radius 2 is 1.85 bits per heavy atom. The van der Waals surface area contributed by atoms with Crippen molar-refractivity contribution in [1.29, 1.82) is 0 Å². The summed E-state index contributed by atoms with van der Waals surface area (Å²) >= 11 is 0. The molecular formula is C19H23N3O4. The largest absolute Gasteiger partial charge is 0.452 e. The van der Waals surface area contributed by atoms with E-state index in [1.165, 1.54) is 19.3 Å². The van der Waals surface area contributed by atoms with E-state index in [2.05, 4.69) is 15.4 Å². The van der Waals surface area contributed by atoms with Gasteiger partial charge in [0.1, 0.15) is 11.3 Å². The summed E-state index contributed by atoms with van der Waals surface area (Å²) in [5.74, 6) is -0.631. The van der Waals surface area contributed by atoms with Crippen LogP contribution in [0.5, 0.6) is 0 Å². The molecule has 1 saturated heterocycles. The van der Waals surface area contributed by atoms with Crippen LogP contribution < -0.4 is 10.2 Å². The molecule has 1 aliphatic rings. The SMILES string of the molecule is Cc1noc(C)c1C(=O)OCC(=O)Nc1ccc(N2CCCCC2)cc1. The number of aryl methyl sites for hydroxylation is 2. The van der Waals surface area contributed by atoms with Gasteiger partial charge in [-0.25, -0.2) is 4.79 Å². The van der Waals surface area contributed by atoms with E-state index in [0.29, 0.717) is 17.1 Å². The summed E-state index contributed by atoms with van der Waals surface area (Å²) in [5, 5.41) is 6.43. The van der Waals surface area contributed by atoms with Crippen LogP contribution in [0.3, 0.4) is 0 Å². The van der Waals surface area contributed by atoms with Crippen molar-refractivity contribution in [3.63, 3.8) is 0 Å². The zero-order chi connectivity index (χ0) is 18.5. The fraction of sp³-hybridized carbons (Fsp3) is 0.421. The number of nitrogens with one attached hydrogen (secondary N) is 1. The fourth-order valence-corrected chi connectivity index (χ4v) is 3.08. The number of benzene rings is 1. The molecule has 0 saturated carbocycles. The maximum Gasteiger partial charge on any atom is 0.344 e. The van der Waals surface area contributed by atoms with Gasteiger partial charge in [0, 0.05) is 24.5 Å². The zero-order valence-electron chi connectivity index (χ0n) is 15.1. The first-order valence-electron chi connectivity index (χ1n) is 8.79. The van der Waals surface area contributed by atoms with Crippen molar-refractivity contribution < 1.29 is 18.8 Å². The van der Waals surface area contributed by atoms with Crippen molar-refractivity contribution in [2.24, 2.45) is 0 Å². The lowest BCUT2D eigenvalue weighted by Crippen LogP contribution is -2.29. The molecule has 1 aromatic heterocycles. The van der Waals surface area contributed by atoms with Gasteiger partial charge in [-0.2, -0.15) is 0 Å². The zero-order valence-corrected chi connectivity index (χ0v) is 15.1. The highest BCUT2D eigenvalue weighted by molar-refractivity contribution is 5.96. The van der Waals surface area contributed by atoms with Gasteiger partial charge in [-0.1, -0.05) is 5.16 Å². The summed E-state index contributed by atoms with van der Waals surface area (Å²) < 4.78 is 9.97. The highest BCUT2D eigenvalue weighted by Gasteiger charge is 2.20. The number of amides is 1. The molecule has 1 amide bonds. The molecule has 1 N–H and O–H groups in total. The van der Waals surface area contributed by atoms with Crippen LogP contribution in [0.15, 0.2) is 28.8 Å². The van der Waals surface area contributed by atoms with E-state index in [-0.39, 0.29) is 12.2 Å². The first-order valence-corrected chi connectivity index (χ1v) is 8.79. The number of hydrogen-bond acceptors (Lipinski definition) is 6. The maximum atomic E-state index is 12.0. The summed E-state index contributed by atoms with van der Waals surface area (Å²) in [5.41, 5.74) is 2.54. The lowest BCUT2D eigenvalue weighted by Gasteiger charge is -2.28. The number of ether oxygens (including phenoxy) is 1. The Labute approximate surface area is 152 Å². The molecule has 7 heteroatoms. The minimum Gasteiger partial charge on any atom is -0.452 e. The molecule has 0 aliphatic carbocycles. The average Bonchev–Trinajstić information content (AvgIpc) is 2.99.